The van der Waals surface area contributed by atoms with E-state index in [4.69, 9.17) is 0 Å². The maximum Gasteiger partial charge on any atom is 0.506 e. The standard InChI is InChI=1S/C14H11.BrH.Mg/c1-2-12-8-6-7-11-14(12)13-9-4-3-5-10-13;;/h2-5,7-11H,1H2;1H;/q;;+1/p-1. The van der Waals surface area contributed by atoms with E-state index in [1.54, 1.807) is 0 Å². The summed E-state index contributed by atoms with van der Waals surface area (Å²) in [5.41, 5.74) is 3.73. The van der Waals surface area contributed by atoms with Gasteiger partial charge in [0.05, 0.1) is 0 Å². The number of halogens is 1. The molecule has 0 aliphatic carbocycles. The lowest BCUT2D eigenvalue weighted by molar-refractivity contribution is 1.61. The van der Waals surface area contributed by atoms with Gasteiger partial charge in [0.2, 0.25) is 0 Å². The Hall–Kier alpha value is -0.574. The second kappa shape index (κ2) is 5.66. The molecule has 2 rings (SSSR count). The largest absolute Gasteiger partial charge is 0.506 e. The molecule has 0 spiro atoms. The molecule has 0 heterocycles. The van der Waals surface area contributed by atoms with Gasteiger partial charge in [0, 0.05) is 0 Å². The first-order valence-corrected chi connectivity index (χ1v) is 9.82. The third-order valence-electron chi connectivity index (χ3n) is 2.57. The predicted molar refractivity (Wildman–Crippen MR) is 76.3 cm³/mol. The molecular weight excluding hydrogens is 272 g/mol. The van der Waals surface area contributed by atoms with Crippen molar-refractivity contribution >= 4 is 40.8 Å². The van der Waals surface area contributed by atoms with E-state index >= 15 is 0 Å². The molecule has 0 aliphatic rings. The van der Waals surface area contributed by atoms with Gasteiger partial charge in [-0.15, -0.1) is 0 Å². The summed E-state index contributed by atoms with van der Waals surface area (Å²) >= 11 is 3.34. The third-order valence-corrected chi connectivity index (χ3v) is 5.27. The second-order valence-electron chi connectivity index (χ2n) is 3.63. The summed E-state index contributed by atoms with van der Waals surface area (Å²) in [5.74, 6) is 0. The van der Waals surface area contributed by atoms with Crippen LogP contribution in [0.5, 0.6) is 0 Å². The summed E-state index contributed by atoms with van der Waals surface area (Å²) in [6.07, 6.45) is 1.93. The van der Waals surface area contributed by atoms with E-state index in [2.05, 4.69) is 61.9 Å². The number of benzene rings is 2. The van der Waals surface area contributed by atoms with Crippen molar-refractivity contribution in [3.8, 4) is 11.1 Å². The van der Waals surface area contributed by atoms with Gasteiger partial charge in [-0.1, -0.05) is 61.2 Å². The van der Waals surface area contributed by atoms with Crippen LogP contribution < -0.4 is 3.69 Å². The lowest BCUT2D eigenvalue weighted by Crippen LogP contribution is -2.08. The van der Waals surface area contributed by atoms with Gasteiger partial charge in [-0.25, -0.2) is 0 Å². The Morgan fingerprint density at radius 2 is 1.81 bits per heavy atom. The second-order valence-corrected chi connectivity index (χ2v) is 6.39. The summed E-state index contributed by atoms with van der Waals surface area (Å²) in [7, 11) is 0. The Morgan fingerprint density at radius 1 is 1.06 bits per heavy atom. The molecule has 0 bridgehead atoms. The Kier molecular flexibility index (Phi) is 4.21. The van der Waals surface area contributed by atoms with E-state index in [1.165, 1.54) is 20.4 Å². The van der Waals surface area contributed by atoms with Gasteiger partial charge in [0.15, 0.2) is 0 Å². The fourth-order valence-electron chi connectivity index (χ4n) is 1.74. The lowest BCUT2D eigenvalue weighted by atomic mass is 10.00. The number of hydrogen-bond acceptors (Lipinski definition) is 0. The van der Waals surface area contributed by atoms with Crippen LogP contribution in [-0.2, 0) is 0 Å². The summed E-state index contributed by atoms with van der Waals surface area (Å²) in [6.45, 7) is 3.89. The molecule has 0 radical (unpaired) electrons. The van der Waals surface area contributed by atoms with Crippen molar-refractivity contribution in [2.75, 3.05) is 0 Å². The summed E-state index contributed by atoms with van der Waals surface area (Å²) < 4.78 is 1.41. The number of hydrogen-bond donors (Lipinski definition) is 0. The van der Waals surface area contributed by atoms with Gasteiger partial charge >= 0.3 is 18.2 Å². The van der Waals surface area contributed by atoms with Gasteiger partial charge < -0.3 is 0 Å². The van der Waals surface area contributed by atoms with Crippen molar-refractivity contribution in [1.29, 1.82) is 0 Å². The quantitative estimate of drug-likeness (QED) is 0.755. The van der Waals surface area contributed by atoms with E-state index in [0.29, 0.717) is 0 Å². The molecule has 0 fully saturated rings. The van der Waals surface area contributed by atoms with Crippen molar-refractivity contribution in [3.63, 3.8) is 0 Å². The van der Waals surface area contributed by atoms with E-state index in [0.717, 1.165) is 0 Å². The summed E-state index contributed by atoms with van der Waals surface area (Å²) in [6, 6.07) is 17.1. The molecule has 2 aromatic rings. The van der Waals surface area contributed by atoms with Crippen LogP contribution in [-0.4, -0.2) is 18.2 Å². The van der Waals surface area contributed by atoms with Crippen LogP contribution in [0, 0.1) is 0 Å². The van der Waals surface area contributed by atoms with Crippen LogP contribution in [0.2, 0.25) is 0 Å². The zero-order valence-corrected chi connectivity index (χ0v) is 12.0. The minimum Gasteiger partial charge on any atom is -0.296 e. The molecule has 0 saturated heterocycles. The van der Waals surface area contributed by atoms with Gasteiger partial charge in [-0.2, -0.15) is 3.69 Å². The molecule has 0 amide bonds. The Balaban J connectivity index is 2.53. The maximum absolute atomic E-state index is 3.89. The highest BCUT2D eigenvalue weighted by molar-refractivity contribution is 9.23. The topological polar surface area (TPSA) is 0 Å². The van der Waals surface area contributed by atoms with Crippen LogP contribution in [0.25, 0.3) is 17.2 Å². The average Bonchev–Trinajstić information content (AvgIpc) is 2.39. The molecule has 0 nitrogen and oxygen atoms in total. The highest BCUT2D eigenvalue weighted by Crippen LogP contribution is 2.23. The van der Waals surface area contributed by atoms with Gasteiger partial charge in [-0.05, 0) is 16.7 Å². The van der Waals surface area contributed by atoms with E-state index in [9.17, 15) is 0 Å². The molecule has 2 aromatic carbocycles. The van der Waals surface area contributed by atoms with Crippen molar-refractivity contribution in [2.45, 2.75) is 0 Å². The van der Waals surface area contributed by atoms with Crippen LogP contribution >= 0.6 is 12.9 Å². The molecule has 76 valence electrons. The molecule has 0 saturated carbocycles. The first-order valence-electron chi connectivity index (χ1n) is 5.22. The maximum atomic E-state index is 3.89. The van der Waals surface area contributed by atoms with Crippen molar-refractivity contribution < 1.29 is 0 Å². The smallest absolute Gasteiger partial charge is 0.296 e. The molecular formula is C14H11BrMg. The molecule has 0 atom stereocenters. The SMILES string of the molecule is C=Cc1c[c]([Mg][Br])ccc1-c1ccccc1. The van der Waals surface area contributed by atoms with Crippen LogP contribution in [0.3, 0.4) is 0 Å². The van der Waals surface area contributed by atoms with Gasteiger partial charge in [0.1, 0.15) is 0 Å². The van der Waals surface area contributed by atoms with Crippen molar-refractivity contribution in [3.05, 3.63) is 60.7 Å². The molecule has 2 heteroatoms. The van der Waals surface area contributed by atoms with Gasteiger partial charge in [-0.3, -0.25) is 12.9 Å². The third kappa shape index (κ3) is 2.57. The normalized spacial score (nSPS) is 9.56. The van der Waals surface area contributed by atoms with Crippen LogP contribution in [0.15, 0.2) is 55.1 Å². The first-order chi connectivity index (χ1) is 7.85. The number of rotatable bonds is 3. The molecule has 0 N–H and O–H groups in total. The Morgan fingerprint density at radius 3 is 2.44 bits per heavy atom. The highest BCUT2D eigenvalue weighted by atomic mass is 79.9. The zero-order valence-electron chi connectivity index (χ0n) is 8.99. The molecule has 0 unspecified atom stereocenters. The van der Waals surface area contributed by atoms with Crippen molar-refractivity contribution in [1.82, 2.24) is 0 Å². The average molecular weight is 283 g/mol. The summed E-state index contributed by atoms with van der Waals surface area (Å²) in [4.78, 5) is 0. The van der Waals surface area contributed by atoms with Gasteiger partial charge in [0.25, 0.3) is 0 Å². The Labute approximate surface area is 112 Å². The lowest BCUT2D eigenvalue weighted by Gasteiger charge is -2.08. The van der Waals surface area contributed by atoms with Crippen LogP contribution in [0.4, 0.5) is 0 Å². The fraction of sp³-hybridized carbons (Fsp3) is 0. The highest BCUT2D eigenvalue weighted by Gasteiger charge is 2.03. The first kappa shape index (κ1) is 11.9. The zero-order chi connectivity index (χ0) is 11.4. The van der Waals surface area contributed by atoms with Crippen molar-refractivity contribution in [2.24, 2.45) is 0 Å². The molecule has 0 aliphatic heterocycles. The Bertz CT molecular complexity index is 491. The predicted octanol–water partition coefficient (Wildman–Crippen LogP) is 3.64. The van der Waals surface area contributed by atoms with E-state index in [1.807, 2.05) is 12.1 Å². The minimum absolute atomic E-state index is 0.271. The molecule has 0 aromatic heterocycles. The van der Waals surface area contributed by atoms with E-state index < -0.39 is 0 Å². The molecule has 16 heavy (non-hydrogen) atoms. The fourth-order valence-corrected chi connectivity index (χ4v) is 3.30. The minimum atomic E-state index is -0.271. The van der Waals surface area contributed by atoms with Crippen LogP contribution in [0.1, 0.15) is 5.56 Å². The van der Waals surface area contributed by atoms with E-state index in [-0.39, 0.29) is 18.2 Å². The monoisotopic (exact) mass is 282 g/mol. The summed E-state index contributed by atoms with van der Waals surface area (Å²) in [5, 5.41) is 0.